The van der Waals surface area contributed by atoms with Gasteiger partial charge in [-0.25, -0.2) is 8.42 Å². The first kappa shape index (κ1) is 19.4. The molecule has 0 bridgehead atoms. The van der Waals surface area contributed by atoms with Gasteiger partial charge in [0.2, 0.25) is 9.84 Å². The number of sulfone groups is 1. The maximum absolute atomic E-state index is 12.1. The first-order valence-corrected chi connectivity index (χ1v) is 10.7. The Labute approximate surface area is 160 Å². The smallest absolute Gasteiger partial charge is 0.217 e. The molecule has 0 unspecified atom stereocenters. The normalized spacial score (nSPS) is 14.4. The number of anilines is 1. The number of hydrogen-bond acceptors (Lipinski definition) is 6. The van der Waals surface area contributed by atoms with Crippen molar-refractivity contribution in [2.24, 2.45) is 0 Å². The summed E-state index contributed by atoms with van der Waals surface area (Å²) in [6.07, 6.45) is 3.32. The zero-order valence-corrected chi connectivity index (χ0v) is 16.5. The van der Waals surface area contributed by atoms with Crippen molar-refractivity contribution in [2.75, 3.05) is 25.4 Å². The van der Waals surface area contributed by atoms with E-state index in [1.807, 2.05) is 25.1 Å². The van der Waals surface area contributed by atoms with Crippen molar-refractivity contribution in [1.29, 1.82) is 0 Å². The number of hydrogen-bond donors (Lipinski definition) is 1. The lowest BCUT2D eigenvalue weighted by Gasteiger charge is -2.13. The Balaban J connectivity index is 1.75. The summed E-state index contributed by atoms with van der Waals surface area (Å²) in [6, 6.07) is 9.20. The molecule has 0 aromatic heterocycles. The molecule has 0 spiro atoms. The molecular weight excluding hydrogens is 366 g/mol. The average molecular weight is 391 g/mol. The maximum Gasteiger partial charge on any atom is 0.217 e. The summed E-state index contributed by atoms with van der Waals surface area (Å²) in [4.78, 5) is 0.222. The van der Waals surface area contributed by atoms with Crippen molar-refractivity contribution < 1.29 is 22.6 Å². The summed E-state index contributed by atoms with van der Waals surface area (Å²) in [5, 5.41) is 0. The number of methoxy groups -OCH3 is 1. The number of nitrogens with two attached hydrogens (primary N) is 1. The Morgan fingerprint density at radius 3 is 2.67 bits per heavy atom. The standard InChI is InChI=1S/C20H25NO5S/c1-3-9-25-18-12-20-19(26-13-27(20,22)23)11-15(18)6-4-5-14-7-8-17(24-2)16(21)10-14/h7-8,10-12H,3-6,9,13,21H2,1-2H3. The zero-order chi connectivity index (χ0) is 19.4. The Kier molecular flexibility index (Phi) is 5.79. The molecule has 0 atom stereocenters. The van der Waals surface area contributed by atoms with Crippen LogP contribution >= 0.6 is 0 Å². The van der Waals surface area contributed by atoms with Crippen molar-refractivity contribution in [2.45, 2.75) is 37.5 Å². The van der Waals surface area contributed by atoms with Gasteiger partial charge in [-0.2, -0.15) is 0 Å². The van der Waals surface area contributed by atoms with Gasteiger partial charge >= 0.3 is 0 Å². The Morgan fingerprint density at radius 2 is 1.96 bits per heavy atom. The Morgan fingerprint density at radius 1 is 1.15 bits per heavy atom. The van der Waals surface area contributed by atoms with E-state index in [9.17, 15) is 8.42 Å². The fourth-order valence-electron chi connectivity index (χ4n) is 3.11. The third-order valence-corrected chi connectivity index (χ3v) is 5.92. The van der Waals surface area contributed by atoms with Gasteiger partial charge in [0.05, 0.1) is 19.4 Å². The molecule has 0 radical (unpaired) electrons. The predicted molar refractivity (Wildman–Crippen MR) is 104 cm³/mol. The van der Waals surface area contributed by atoms with Crippen LogP contribution < -0.4 is 19.9 Å². The summed E-state index contributed by atoms with van der Waals surface area (Å²) in [5.41, 5.74) is 8.67. The molecule has 146 valence electrons. The number of fused-ring (bicyclic) bond motifs is 1. The van der Waals surface area contributed by atoms with E-state index in [4.69, 9.17) is 19.9 Å². The summed E-state index contributed by atoms with van der Waals surface area (Å²) < 4.78 is 40.5. The van der Waals surface area contributed by atoms with E-state index in [0.29, 0.717) is 29.5 Å². The van der Waals surface area contributed by atoms with Gasteiger partial charge in [-0.15, -0.1) is 0 Å². The van der Waals surface area contributed by atoms with E-state index in [0.717, 1.165) is 36.8 Å². The van der Waals surface area contributed by atoms with Crippen LogP contribution in [0.25, 0.3) is 0 Å². The van der Waals surface area contributed by atoms with Crippen molar-refractivity contribution in [1.82, 2.24) is 0 Å². The lowest BCUT2D eigenvalue weighted by Crippen LogP contribution is -2.03. The van der Waals surface area contributed by atoms with E-state index in [1.54, 1.807) is 19.2 Å². The van der Waals surface area contributed by atoms with Gasteiger partial charge in [0.15, 0.2) is 5.94 Å². The van der Waals surface area contributed by atoms with Crippen LogP contribution in [0.5, 0.6) is 17.2 Å². The lowest BCUT2D eigenvalue weighted by atomic mass is 10.0. The second-order valence-electron chi connectivity index (χ2n) is 6.56. The van der Waals surface area contributed by atoms with Crippen LogP contribution in [0, 0.1) is 0 Å². The highest BCUT2D eigenvalue weighted by atomic mass is 32.2. The van der Waals surface area contributed by atoms with Crippen LogP contribution in [0.1, 0.15) is 30.9 Å². The predicted octanol–water partition coefficient (Wildman–Crippen LogP) is 3.37. The van der Waals surface area contributed by atoms with Gasteiger partial charge in [0, 0.05) is 6.07 Å². The van der Waals surface area contributed by atoms with Gasteiger partial charge in [0.1, 0.15) is 22.1 Å². The maximum atomic E-state index is 12.1. The lowest BCUT2D eigenvalue weighted by molar-refractivity contribution is 0.312. The van der Waals surface area contributed by atoms with Gasteiger partial charge < -0.3 is 19.9 Å². The molecule has 27 heavy (non-hydrogen) atoms. The molecule has 0 aliphatic carbocycles. The molecule has 0 amide bonds. The molecule has 1 heterocycles. The van der Waals surface area contributed by atoms with Gasteiger partial charge in [-0.1, -0.05) is 13.0 Å². The number of nitrogen functional groups attached to an aromatic ring is 1. The minimum absolute atomic E-state index is 0.222. The van der Waals surface area contributed by atoms with E-state index >= 15 is 0 Å². The van der Waals surface area contributed by atoms with E-state index < -0.39 is 9.84 Å². The molecule has 1 aliphatic heterocycles. The SMILES string of the molecule is CCCOc1cc2c(cc1CCCc1ccc(OC)c(N)c1)OCS2(=O)=O. The average Bonchev–Trinajstić information content (AvgIpc) is 2.94. The van der Waals surface area contributed by atoms with Crippen LogP contribution in [0.2, 0.25) is 0 Å². The molecular formula is C20H25NO5S. The minimum atomic E-state index is -3.37. The number of aryl methyl sites for hydroxylation is 2. The second-order valence-corrected chi connectivity index (χ2v) is 8.47. The monoisotopic (exact) mass is 391 g/mol. The van der Waals surface area contributed by atoms with Gasteiger partial charge in [-0.05, 0) is 55.0 Å². The Hall–Kier alpha value is -2.41. The fraction of sp³-hybridized carbons (Fsp3) is 0.400. The van der Waals surface area contributed by atoms with Crippen molar-refractivity contribution in [3.05, 3.63) is 41.5 Å². The molecule has 7 heteroatoms. The number of benzene rings is 2. The van der Waals surface area contributed by atoms with Crippen molar-refractivity contribution >= 4 is 15.5 Å². The molecule has 0 saturated heterocycles. The van der Waals surface area contributed by atoms with Crippen LogP contribution in [0.3, 0.4) is 0 Å². The van der Waals surface area contributed by atoms with Crippen LogP contribution in [0.15, 0.2) is 35.2 Å². The fourth-order valence-corrected chi connectivity index (χ4v) is 4.23. The first-order valence-electron chi connectivity index (χ1n) is 9.02. The van der Waals surface area contributed by atoms with Gasteiger partial charge in [0.25, 0.3) is 0 Å². The topological polar surface area (TPSA) is 87.8 Å². The Bertz CT molecular complexity index is 924. The van der Waals surface area contributed by atoms with Gasteiger partial charge in [-0.3, -0.25) is 0 Å². The first-order chi connectivity index (χ1) is 12.9. The third-order valence-electron chi connectivity index (χ3n) is 4.50. The number of rotatable bonds is 8. The quantitative estimate of drug-likeness (QED) is 0.694. The van der Waals surface area contributed by atoms with Crippen LogP contribution in [-0.2, 0) is 22.7 Å². The van der Waals surface area contributed by atoms with Crippen LogP contribution in [-0.4, -0.2) is 28.1 Å². The highest BCUT2D eigenvalue weighted by Crippen LogP contribution is 2.38. The van der Waals surface area contributed by atoms with E-state index in [2.05, 4.69) is 0 Å². The molecule has 2 aromatic rings. The summed E-state index contributed by atoms with van der Waals surface area (Å²) >= 11 is 0. The van der Waals surface area contributed by atoms with E-state index in [-0.39, 0.29) is 10.8 Å². The highest BCUT2D eigenvalue weighted by molar-refractivity contribution is 7.91. The second kappa shape index (κ2) is 8.08. The summed E-state index contributed by atoms with van der Waals surface area (Å²) in [7, 11) is -1.78. The van der Waals surface area contributed by atoms with Crippen molar-refractivity contribution in [3.8, 4) is 17.2 Å². The van der Waals surface area contributed by atoms with Crippen molar-refractivity contribution in [3.63, 3.8) is 0 Å². The summed E-state index contributed by atoms with van der Waals surface area (Å²) in [6.45, 7) is 2.56. The highest BCUT2D eigenvalue weighted by Gasteiger charge is 2.29. The molecule has 1 aliphatic rings. The molecule has 0 saturated carbocycles. The third kappa shape index (κ3) is 4.30. The number of ether oxygens (including phenoxy) is 3. The molecule has 3 rings (SSSR count). The minimum Gasteiger partial charge on any atom is -0.495 e. The largest absolute Gasteiger partial charge is 0.495 e. The van der Waals surface area contributed by atoms with E-state index in [1.165, 1.54) is 0 Å². The van der Waals surface area contributed by atoms with Crippen LogP contribution in [0.4, 0.5) is 5.69 Å². The molecule has 2 aromatic carbocycles. The summed E-state index contributed by atoms with van der Waals surface area (Å²) in [5.74, 6) is 1.41. The zero-order valence-electron chi connectivity index (χ0n) is 15.7. The molecule has 6 nitrogen and oxygen atoms in total. The molecule has 0 fully saturated rings. The molecule has 2 N–H and O–H groups in total.